The van der Waals surface area contributed by atoms with E-state index in [0.29, 0.717) is 12.1 Å². The maximum Gasteiger partial charge on any atom is 0.306 e. The summed E-state index contributed by atoms with van der Waals surface area (Å²) in [5.41, 5.74) is 1.50. The Labute approximate surface area is 147 Å². The van der Waals surface area contributed by atoms with Crippen LogP contribution in [-0.2, 0) is 20.7 Å². The molecule has 23 heavy (non-hydrogen) atoms. The minimum atomic E-state index is -0.466. The number of esters is 1. The number of aryl methyl sites for hydroxylation is 1. The summed E-state index contributed by atoms with van der Waals surface area (Å²) in [6.07, 6.45) is 0.583. The van der Waals surface area contributed by atoms with Crippen molar-refractivity contribution < 1.29 is 18.7 Å². The second kappa shape index (κ2) is 8.61. The molecule has 2 rings (SSSR count). The fourth-order valence-corrected chi connectivity index (χ4v) is 2.42. The van der Waals surface area contributed by atoms with Gasteiger partial charge in [-0.3, -0.25) is 9.59 Å². The lowest BCUT2D eigenvalue weighted by Crippen LogP contribution is -2.21. The maximum absolute atomic E-state index is 12.8. The molecule has 0 aliphatic rings. The van der Waals surface area contributed by atoms with Crippen molar-refractivity contribution in [2.45, 2.75) is 12.8 Å². The Bertz CT molecular complexity index is 688. The van der Waals surface area contributed by atoms with Gasteiger partial charge in [0.2, 0.25) is 0 Å². The summed E-state index contributed by atoms with van der Waals surface area (Å²) in [6, 6.07) is 13.2. The highest BCUT2D eigenvalue weighted by Crippen LogP contribution is 2.12. The molecule has 0 saturated carbocycles. The van der Waals surface area contributed by atoms with Crippen molar-refractivity contribution in [3.05, 3.63) is 63.5 Å². The summed E-state index contributed by atoms with van der Waals surface area (Å²) in [4.78, 5) is 23.3. The van der Waals surface area contributed by atoms with E-state index in [9.17, 15) is 14.0 Å². The number of amides is 1. The molecule has 0 heterocycles. The molecule has 0 unspecified atom stereocenters. The third-order valence-electron chi connectivity index (χ3n) is 3.00. The molecule has 0 atom stereocenters. The highest BCUT2D eigenvalue weighted by Gasteiger charge is 2.08. The van der Waals surface area contributed by atoms with Crippen molar-refractivity contribution in [2.75, 3.05) is 11.9 Å². The van der Waals surface area contributed by atoms with Gasteiger partial charge in [0.05, 0.1) is 0 Å². The largest absolute Gasteiger partial charge is 0.456 e. The Morgan fingerprint density at radius 2 is 1.87 bits per heavy atom. The normalized spacial score (nSPS) is 10.2. The fraction of sp³-hybridized carbons (Fsp3) is 0.176. The molecule has 6 heteroatoms. The molecule has 2 aromatic carbocycles. The fourth-order valence-electron chi connectivity index (χ4n) is 1.88. The summed E-state index contributed by atoms with van der Waals surface area (Å²) in [5.74, 6) is -1.17. The van der Waals surface area contributed by atoms with Gasteiger partial charge in [-0.05, 0) is 64.9 Å². The highest BCUT2D eigenvalue weighted by molar-refractivity contribution is 14.1. The smallest absolute Gasteiger partial charge is 0.306 e. The predicted octanol–water partition coefficient (Wildman–Crippen LogP) is 3.54. The number of hydrogen-bond donors (Lipinski definition) is 1. The Morgan fingerprint density at radius 3 is 2.57 bits per heavy atom. The number of anilines is 1. The standard InChI is InChI=1S/C17H15FINO3/c18-13-7-4-12(5-8-13)6-9-17(22)23-11-16(21)20-15-3-1-2-14(19)10-15/h1-5,7-8,10H,6,9,11H2,(H,20,21). The van der Waals surface area contributed by atoms with Crippen LogP contribution in [0.3, 0.4) is 0 Å². The second-order valence-electron chi connectivity index (χ2n) is 4.85. The summed E-state index contributed by atoms with van der Waals surface area (Å²) < 4.78 is 18.7. The first-order valence-corrected chi connectivity index (χ1v) is 8.06. The first-order valence-electron chi connectivity index (χ1n) is 6.98. The van der Waals surface area contributed by atoms with E-state index in [-0.39, 0.29) is 24.8 Å². The molecule has 0 bridgehead atoms. The van der Waals surface area contributed by atoms with Gasteiger partial charge in [-0.2, -0.15) is 0 Å². The zero-order chi connectivity index (χ0) is 16.7. The zero-order valence-electron chi connectivity index (χ0n) is 12.2. The SMILES string of the molecule is O=C(COC(=O)CCc1ccc(F)cc1)Nc1cccc(I)c1. The van der Waals surface area contributed by atoms with E-state index < -0.39 is 5.97 Å². The summed E-state index contributed by atoms with van der Waals surface area (Å²) in [6.45, 7) is -0.326. The Morgan fingerprint density at radius 1 is 1.13 bits per heavy atom. The average Bonchev–Trinajstić information content (AvgIpc) is 2.52. The van der Waals surface area contributed by atoms with E-state index in [2.05, 4.69) is 27.9 Å². The van der Waals surface area contributed by atoms with Crippen molar-refractivity contribution in [3.8, 4) is 0 Å². The van der Waals surface area contributed by atoms with Gasteiger partial charge in [0.1, 0.15) is 5.82 Å². The number of halogens is 2. The molecule has 0 radical (unpaired) electrons. The minimum absolute atomic E-state index is 0.141. The third-order valence-corrected chi connectivity index (χ3v) is 3.67. The molecular formula is C17H15FINO3. The van der Waals surface area contributed by atoms with Gasteiger partial charge in [-0.25, -0.2) is 4.39 Å². The maximum atomic E-state index is 12.8. The quantitative estimate of drug-likeness (QED) is 0.567. The van der Waals surface area contributed by atoms with Crippen LogP contribution in [0.2, 0.25) is 0 Å². The molecule has 0 aromatic heterocycles. The Hall–Kier alpha value is -1.96. The van der Waals surface area contributed by atoms with E-state index in [4.69, 9.17) is 4.74 Å². The minimum Gasteiger partial charge on any atom is -0.456 e. The van der Waals surface area contributed by atoms with Crippen molar-refractivity contribution in [1.82, 2.24) is 0 Å². The van der Waals surface area contributed by atoms with Crippen LogP contribution in [0, 0.1) is 9.39 Å². The van der Waals surface area contributed by atoms with Crippen molar-refractivity contribution >= 4 is 40.2 Å². The van der Waals surface area contributed by atoms with E-state index >= 15 is 0 Å². The van der Waals surface area contributed by atoms with Crippen molar-refractivity contribution in [3.63, 3.8) is 0 Å². The lowest BCUT2D eigenvalue weighted by molar-refractivity contribution is -0.147. The van der Waals surface area contributed by atoms with Crippen LogP contribution >= 0.6 is 22.6 Å². The summed E-state index contributed by atoms with van der Waals surface area (Å²) in [7, 11) is 0. The zero-order valence-corrected chi connectivity index (χ0v) is 14.4. The Kier molecular flexibility index (Phi) is 6.52. The van der Waals surface area contributed by atoms with Gasteiger partial charge in [0.25, 0.3) is 5.91 Å². The average molecular weight is 427 g/mol. The number of ether oxygens (including phenoxy) is 1. The Balaban J connectivity index is 1.71. The monoisotopic (exact) mass is 427 g/mol. The van der Waals surface area contributed by atoms with Gasteiger partial charge in [0, 0.05) is 15.7 Å². The van der Waals surface area contributed by atoms with E-state index in [1.54, 1.807) is 18.2 Å². The second-order valence-corrected chi connectivity index (χ2v) is 6.09. The third kappa shape index (κ3) is 6.35. The number of carbonyl (C=O) groups is 2. The van der Waals surface area contributed by atoms with Crippen LogP contribution in [0.1, 0.15) is 12.0 Å². The van der Waals surface area contributed by atoms with Crippen molar-refractivity contribution in [1.29, 1.82) is 0 Å². The molecule has 4 nitrogen and oxygen atoms in total. The summed E-state index contributed by atoms with van der Waals surface area (Å²) >= 11 is 2.14. The molecule has 2 aromatic rings. The van der Waals surface area contributed by atoms with Gasteiger partial charge >= 0.3 is 5.97 Å². The molecule has 0 spiro atoms. The molecule has 0 saturated heterocycles. The predicted molar refractivity (Wildman–Crippen MR) is 93.5 cm³/mol. The number of benzene rings is 2. The number of carbonyl (C=O) groups excluding carboxylic acids is 2. The van der Waals surface area contributed by atoms with Gasteiger partial charge < -0.3 is 10.1 Å². The van der Waals surface area contributed by atoms with E-state index in [0.717, 1.165) is 9.13 Å². The lowest BCUT2D eigenvalue weighted by atomic mass is 10.1. The lowest BCUT2D eigenvalue weighted by Gasteiger charge is -2.07. The van der Waals surface area contributed by atoms with Gasteiger partial charge in [-0.15, -0.1) is 0 Å². The van der Waals surface area contributed by atoms with Crippen LogP contribution in [0.25, 0.3) is 0 Å². The van der Waals surface area contributed by atoms with Crippen LogP contribution in [-0.4, -0.2) is 18.5 Å². The highest BCUT2D eigenvalue weighted by atomic mass is 127. The van der Waals surface area contributed by atoms with Crippen molar-refractivity contribution in [2.24, 2.45) is 0 Å². The molecule has 120 valence electrons. The number of rotatable bonds is 6. The molecule has 0 aliphatic heterocycles. The molecule has 1 N–H and O–H groups in total. The van der Waals surface area contributed by atoms with Gasteiger partial charge in [-0.1, -0.05) is 18.2 Å². The van der Waals surface area contributed by atoms with Crippen LogP contribution in [0.4, 0.5) is 10.1 Å². The topological polar surface area (TPSA) is 55.4 Å². The molecule has 0 aliphatic carbocycles. The molecule has 1 amide bonds. The number of nitrogens with one attached hydrogen (secondary N) is 1. The molecule has 0 fully saturated rings. The van der Waals surface area contributed by atoms with Crippen LogP contribution in [0.15, 0.2) is 48.5 Å². The summed E-state index contributed by atoms with van der Waals surface area (Å²) in [5, 5.41) is 2.66. The van der Waals surface area contributed by atoms with Crippen LogP contribution < -0.4 is 5.32 Å². The number of hydrogen-bond acceptors (Lipinski definition) is 3. The first kappa shape index (κ1) is 17.4. The first-order chi connectivity index (χ1) is 11.0. The van der Waals surface area contributed by atoms with E-state index in [1.165, 1.54) is 12.1 Å². The van der Waals surface area contributed by atoms with Gasteiger partial charge in [0.15, 0.2) is 6.61 Å². The van der Waals surface area contributed by atoms with E-state index in [1.807, 2.05) is 18.2 Å². The van der Waals surface area contributed by atoms with Crippen LogP contribution in [0.5, 0.6) is 0 Å². The molecular weight excluding hydrogens is 412 g/mol.